The number of aromatic hydroxyl groups is 1. The van der Waals surface area contributed by atoms with Gasteiger partial charge in [-0.05, 0) is 37.3 Å². The van der Waals surface area contributed by atoms with Crippen LogP contribution in [0.25, 0.3) is 10.9 Å². The van der Waals surface area contributed by atoms with Gasteiger partial charge in [-0.25, -0.2) is 8.42 Å². The first-order valence-corrected chi connectivity index (χ1v) is 11.7. The Labute approximate surface area is 196 Å². The van der Waals surface area contributed by atoms with E-state index < -0.39 is 10.0 Å². The van der Waals surface area contributed by atoms with Gasteiger partial charge in [0.2, 0.25) is 5.88 Å². The van der Waals surface area contributed by atoms with Crippen LogP contribution in [0.3, 0.4) is 0 Å². The molecule has 3 N–H and O–H groups in total. The minimum atomic E-state index is -3.92. The average molecular weight is 482 g/mol. The molecule has 0 fully saturated rings. The molecule has 0 radical (unpaired) electrons. The lowest BCUT2D eigenvalue weighted by atomic mass is 10.0. The Kier molecular flexibility index (Phi) is 6.37. The summed E-state index contributed by atoms with van der Waals surface area (Å²) in [7, 11) is -1.15. The SMILES string of the molecule is COc1cc(NS(=O)(=O)c2ccc(N[C@H](C)c3ccc4cccnc4c3O)cc2)nc(OC)n1. The van der Waals surface area contributed by atoms with E-state index in [0.29, 0.717) is 16.8 Å². The number of pyridine rings is 1. The molecule has 11 heteroatoms. The minimum Gasteiger partial charge on any atom is -0.505 e. The van der Waals surface area contributed by atoms with Crippen LogP contribution < -0.4 is 19.5 Å². The number of anilines is 2. The summed E-state index contributed by atoms with van der Waals surface area (Å²) in [6.07, 6.45) is 1.63. The van der Waals surface area contributed by atoms with Gasteiger partial charge in [0.15, 0.2) is 5.82 Å². The first-order valence-electron chi connectivity index (χ1n) is 10.2. The van der Waals surface area contributed by atoms with Crippen LogP contribution in [0.5, 0.6) is 17.6 Å². The van der Waals surface area contributed by atoms with Crippen LogP contribution in [0.15, 0.2) is 65.7 Å². The lowest BCUT2D eigenvalue weighted by molar-refractivity contribution is 0.353. The summed E-state index contributed by atoms with van der Waals surface area (Å²) in [5.74, 6) is 0.280. The van der Waals surface area contributed by atoms with E-state index in [9.17, 15) is 13.5 Å². The minimum absolute atomic E-state index is 0.0138. The van der Waals surface area contributed by atoms with Gasteiger partial charge < -0.3 is 19.9 Å². The first kappa shape index (κ1) is 23.1. The number of ether oxygens (including phenoxy) is 2. The van der Waals surface area contributed by atoms with Crippen LogP contribution in [-0.2, 0) is 10.0 Å². The Morgan fingerprint density at radius 1 is 1.00 bits per heavy atom. The molecule has 0 spiro atoms. The lowest BCUT2D eigenvalue weighted by Gasteiger charge is -2.18. The molecule has 2 aromatic carbocycles. The van der Waals surface area contributed by atoms with E-state index in [4.69, 9.17) is 9.47 Å². The average Bonchev–Trinajstić information content (AvgIpc) is 2.84. The molecule has 4 aromatic rings. The Hall–Kier alpha value is -4.12. The van der Waals surface area contributed by atoms with E-state index >= 15 is 0 Å². The van der Waals surface area contributed by atoms with Gasteiger partial charge in [0, 0.05) is 28.9 Å². The highest BCUT2D eigenvalue weighted by Crippen LogP contribution is 2.33. The molecular formula is C23H23N5O5S. The normalized spacial score (nSPS) is 12.2. The number of phenolic OH excluding ortho intramolecular Hbond substituents is 1. The zero-order valence-corrected chi connectivity index (χ0v) is 19.5. The molecule has 2 aromatic heterocycles. The number of sulfonamides is 1. The number of nitrogens with one attached hydrogen (secondary N) is 2. The molecule has 0 saturated heterocycles. The van der Waals surface area contributed by atoms with E-state index in [1.54, 1.807) is 18.3 Å². The maximum absolute atomic E-state index is 12.8. The Balaban J connectivity index is 1.51. The van der Waals surface area contributed by atoms with Gasteiger partial charge in [0.25, 0.3) is 10.0 Å². The second kappa shape index (κ2) is 9.40. The maximum atomic E-state index is 12.8. The molecule has 0 unspecified atom stereocenters. The number of rotatable bonds is 8. The highest BCUT2D eigenvalue weighted by Gasteiger charge is 2.18. The number of hydrogen-bond donors (Lipinski definition) is 3. The van der Waals surface area contributed by atoms with Crippen LogP contribution in [0, 0.1) is 0 Å². The number of aromatic nitrogens is 3. The molecule has 2 heterocycles. The highest BCUT2D eigenvalue weighted by molar-refractivity contribution is 7.92. The van der Waals surface area contributed by atoms with Crippen molar-refractivity contribution in [1.29, 1.82) is 0 Å². The van der Waals surface area contributed by atoms with Gasteiger partial charge in [0.05, 0.1) is 25.2 Å². The summed E-state index contributed by atoms with van der Waals surface area (Å²) in [5, 5.41) is 14.8. The molecule has 0 bridgehead atoms. The molecular weight excluding hydrogens is 458 g/mol. The van der Waals surface area contributed by atoms with Gasteiger partial charge in [-0.15, -0.1) is 0 Å². The molecule has 10 nitrogen and oxygen atoms in total. The van der Waals surface area contributed by atoms with Gasteiger partial charge >= 0.3 is 6.01 Å². The number of methoxy groups -OCH3 is 2. The fraction of sp³-hybridized carbons (Fsp3) is 0.174. The number of fused-ring (bicyclic) bond motifs is 1. The standard InChI is InChI=1S/C23H23N5O5S/c1-14(18-11-6-15-5-4-12-24-21(15)22(18)29)25-16-7-9-17(10-8-16)34(30,31)28-19-13-20(32-2)27-23(26-19)33-3/h4-14,25,29H,1-3H3,(H,26,27,28)/t14-/m1/s1. The third kappa shape index (κ3) is 4.79. The van der Waals surface area contributed by atoms with Crippen molar-refractivity contribution in [3.63, 3.8) is 0 Å². The quantitative estimate of drug-likeness (QED) is 0.344. The smallest absolute Gasteiger partial charge is 0.321 e. The van der Waals surface area contributed by atoms with E-state index in [1.807, 2.05) is 31.2 Å². The zero-order valence-electron chi connectivity index (χ0n) is 18.7. The third-order valence-electron chi connectivity index (χ3n) is 5.11. The Morgan fingerprint density at radius 3 is 2.47 bits per heavy atom. The number of nitrogens with zero attached hydrogens (tertiary/aromatic N) is 3. The maximum Gasteiger partial charge on any atom is 0.321 e. The summed E-state index contributed by atoms with van der Waals surface area (Å²) in [4.78, 5) is 12.2. The highest BCUT2D eigenvalue weighted by atomic mass is 32.2. The van der Waals surface area contributed by atoms with Gasteiger partial charge in [-0.1, -0.05) is 18.2 Å². The fourth-order valence-electron chi connectivity index (χ4n) is 3.40. The summed E-state index contributed by atoms with van der Waals surface area (Å²) in [6, 6.07) is 14.7. The summed E-state index contributed by atoms with van der Waals surface area (Å²) < 4.78 is 38.0. The van der Waals surface area contributed by atoms with E-state index in [0.717, 1.165) is 5.39 Å². The largest absolute Gasteiger partial charge is 0.505 e. The number of hydrogen-bond acceptors (Lipinski definition) is 9. The number of phenols is 1. The van der Waals surface area contributed by atoms with E-state index in [2.05, 4.69) is 25.0 Å². The van der Waals surface area contributed by atoms with Gasteiger partial charge in [0.1, 0.15) is 11.3 Å². The fourth-order valence-corrected chi connectivity index (χ4v) is 4.39. The van der Waals surface area contributed by atoms with Crippen molar-refractivity contribution in [2.24, 2.45) is 0 Å². The van der Waals surface area contributed by atoms with Gasteiger partial charge in [-0.2, -0.15) is 9.97 Å². The molecule has 34 heavy (non-hydrogen) atoms. The van der Waals surface area contributed by atoms with Crippen LogP contribution >= 0.6 is 0 Å². The van der Waals surface area contributed by atoms with Crippen LogP contribution in [-0.4, -0.2) is 42.7 Å². The molecule has 0 saturated carbocycles. The predicted molar refractivity (Wildman–Crippen MR) is 128 cm³/mol. The molecule has 0 aliphatic rings. The molecule has 0 aliphatic carbocycles. The Morgan fingerprint density at radius 2 is 1.76 bits per heavy atom. The van der Waals surface area contributed by atoms with Crippen molar-refractivity contribution >= 4 is 32.4 Å². The summed E-state index contributed by atoms with van der Waals surface area (Å²) in [5.41, 5.74) is 1.88. The van der Waals surface area contributed by atoms with Gasteiger partial charge in [-0.3, -0.25) is 9.71 Å². The van der Waals surface area contributed by atoms with Crippen LogP contribution in [0.4, 0.5) is 11.5 Å². The Bertz CT molecular complexity index is 1410. The summed E-state index contributed by atoms with van der Waals surface area (Å²) >= 11 is 0. The first-order chi connectivity index (χ1) is 16.3. The van der Waals surface area contributed by atoms with Crippen molar-refractivity contribution in [3.05, 3.63) is 66.4 Å². The van der Waals surface area contributed by atoms with Crippen molar-refractivity contribution in [1.82, 2.24) is 15.0 Å². The van der Waals surface area contributed by atoms with Crippen molar-refractivity contribution in [2.75, 3.05) is 24.3 Å². The third-order valence-corrected chi connectivity index (χ3v) is 6.48. The monoisotopic (exact) mass is 481 g/mol. The van der Waals surface area contributed by atoms with Crippen molar-refractivity contribution in [3.8, 4) is 17.6 Å². The van der Waals surface area contributed by atoms with E-state index in [-0.39, 0.29) is 34.4 Å². The van der Waals surface area contributed by atoms with Crippen molar-refractivity contribution < 1.29 is 23.0 Å². The predicted octanol–water partition coefficient (Wildman–Crippen LogP) is 3.72. The number of benzene rings is 2. The second-order valence-corrected chi connectivity index (χ2v) is 9.04. The van der Waals surface area contributed by atoms with Crippen LogP contribution in [0.2, 0.25) is 0 Å². The van der Waals surface area contributed by atoms with Crippen molar-refractivity contribution in [2.45, 2.75) is 17.9 Å². The van der Waals surface area contributed by atoms with E-state index in [1.165, 1.54) is 32.4 Å². The molecule has 4 rings (SSSR count). The lowest BCUT2D eigenvalue weighted by Crippen LogP contribution is -2.15. The molecule has 0 amide bonds. The van der Waals surface area contributed by atoms with Crippen LogP contribution in [0.1, 0.15) is 18.5 Å². The molecule has 0 aliphatic heterocycles. The summed E-state index contributed by atoms with van der Waals surface area (Å²) in [6.45, 7) is 1.89. The zero-order chi connectivity index (χ0) is 24.3. The molecule has 176 valence electrons. The topological polar surface area (TPSA) is 136 Å². The molecule has 1 atom stereocenters. The second-order valence-electron chi connectivity index (χ2n) is 7.36.